The van der Waals surface area contributed by atoms with Crippen LogP contribution in [-0.4, -0.2) is 39.0 Å². The maximum absolute atomic E-state index is 11.5. The van der Waals surface area contributed by atoms with Gasteiger partial charge >= 0.3 is 5.97 Å². The zero-order chi connectivity index (χ0) is 19.0. The Balaban J connectivity index is 3.03. The zero-order valence-corrected chi connectivity index (χ0v) is 15.6. The molecule has 0 fully saturated rings. The largest absolute Gasteiger partial charge is 0.466 e. The van der Waals surface area contributed by atoms with Crippen LogP contribution >= 0.6 is 11.8 Å². The zero-order valence-electron chi connectivity index (χ0n) is 14.7. The summed E-state index contributed by atoms with van der Waals surface area (Å²) in [5.41, 5.74) is 7.05. The van der Waals surface area contributed by atoms with E-state index in [9.17, 15) is 14.4 Å². The van der Waals surface area contributed by atoms with Crippen LogP contribution in [0.5, 0.6) is 0 Å². The van der Waals surface area contributed by atoms with Crippen molar-refractivity contribution in [1.82, 2.24) is 14.9 Å². The highest BCUT2D eigenvalue weighted by atomic mass is 32.2. The first kappa shape index (κ1) is 20.6. The second-order valence-electron chi connectivity index (χ2n) is 5.25. The summed E-state index contributed by atoms with van der Waals surface area (Å²) in [6, 6.07) is 0. The highest BCUT2D eigenvalue weighted by Crippen LogP contribution is 2.27. The van der Waals surface area contributed by atoms with Crippen LogP contribution in [0.15, 0.2) is 16.8 Å². The van der Waals surface area contributed by atoms with E-state index in [1.807, 2.05) is 0 Å². The first-order chi connectivity index (χ1) is 11.7. The number of esters is 1. The van der Waals surface area contributed by atoms with E-state index >= 15 is 0 Å². The standard InChI is InChI=1S/C16H22N4O4S/c1-10(15(25-13(4)23)5-6-24-12(3)22)20(9-21)8-14-7-18-11(2)19-16(14)17/h7,9H,5-6,8H2,1-4H3,(H2,17,18,19)/b15-10+. The van der Waals surface area contributed by atoms with E-state index in [2.05, 4.69) is 9.97 Å². The van der Waals surface area contributed by atoms with E-state index < -0.39 is 5.97 Å². The Morgan fingerprint density at radius 1 is 1.36 bits per heavy atom. The number of nitrogens with two attached hydrogens (primary N) is 1. The van der Waals surface area contributed by atoms with Gasteiger partial charge in [0, 0.05) is 42.6 Å². The number of nitrogens with zero attached hydrogens (tertiary/aromatic N) is 3. The number of aromatic nitrogens is 2. The lowest BCUT2D eigenvalue weighted by molar-refractivity contribution is -0.140. The molecular formula is C16H22N4O4S. The summed E-state index contributed by atoms with van der Waals surface area (Å²) in [5.74, 6) is 0.440. The number of aryl methyl sites for hydroxylation is 1. The molecule has 0 aliphatic carbocycles. The van der Waals surface area contributed by atoms with Crippen molar-refractivity contribution >= 4 is 35.1 Å². The Labute approximate surface area is 150 Å². The number of carbonyl (C=O) groups excluding carboxylic acids is 3. The molecule has 0 aromatic carbocycles. The maximum Gasteiger partial charge on any atom is 0.302 e. The molecule has 25 heavy (non-hydrogen) atoms. The lowest BCUT2D eigenvalue weighted by Crippen LogP contribution is -2.22. The summed E-state index contributed by atoms with van der Waals surface area (Å²) in [4.78, 5) is 44.2. The minimum atomic E-state index is -0.401. The van der Waals surface area contributed by atoms with E-state index in [0.717, 1.165) is 11.8 Å². The molecule has 0 aliphatic rings. The van der Waals surface area contributed by atoms with Gasteiger partial charge in [-0.3, -0.25) is 14.4 Å². The molecule has 8 nitrogen and oxygen atoms in total. The number of anilines is 1. The number of rotatable bonds is 8. The molecule has 1 aromatic heterocycles. The third-order valence-electron chi connectivity index (χ3n) is 3.22. The molecular weight excluding hydrogens is 344 g/mol. The predicted molar refractivity (Wildman–Crippen MR) is 95.0 cm³/mol. The second-order valence-corrected chi connectivity index (χ2v) is 6.53. The molecule has 2 N–H and O–H groups in total. The summed E-state index contributed by atoms with van der Waals surface area (Å²) in [5, 5.41) is -0.124. The topological polar surface area (TPSA) is 115 Å². The van der Waals surface area contributed by atoms with Crippen LogP contribution in [0.25, 0.3) is 0 Å². The Morgan fingerprint density at radius 2 is 2.04 bits per heavy atom. The molecule has 9 heteroatoms. The Bertz CT molecular complexity index is 691. The Kier molecular flexibility index (Phi) is 8.06. The van der Waals surface area contributed by atoms with Crippen LogP contribution in [0, 0.1) is 6.92 Å². The van der Waals surface area contributed by atoms with Gasteiger partial charge in [-0.1, -0.05) is 11.8 Å². The molecule has 0 saturated heterocycles. The van der Waals surface area contributed by atoms with Gasteiger partial charge in [0.25, 0.3) is 0 Å². The van der Waals surface area contributed by atoms with Gasteiger partial charge in [0.1, 0.15) is 11.6 Å². The molecule has 0 spiro atoms. The van der Waals surface area contributed by atoms with Crippen LogP contribution in [0.3, 0.4) is 0 Å². The van der Waals surface area contributed by atoms with Crippen LogP contribution in [-0.2, 0) is 25.7 Å². The van der Waals surface area contributed by atoms with Crippen molar-refractivity contribution in [3.8, 4) is 0 Å². The number of amides is 1. The predicted octanol–water partition coefficient (Wildman–Crippen LogP) is 1.79. The second kappa shape index (κ2) is 9.77. The molecule has 1 aromatic rings. The van der Waals surface area contributed by atoms with Gasteiger partial charge in [-0.15, -0.1) is 0 Å². The van der Waals surface area contributed by atoms with Crippen molar-refractivity contribution < 1.29 is 19.1 Å². The van der Waals surface area contributed by atoms with Gasteiger partial charge in [0.15, 0.2) is 5.12 Å². The molecule has 1 rings (SSSR count). The molecule has 0 atom stereocenters. The summed E-state index contributed by atoms with van der Waals surface area (Å²) in [7, 11) is 0. The summed E-state index contributed by atoms with van der Waals surface area (Å²) in [6.07, 6.45) is 2.55. The van der Waals surface area contributed by atoms with E-state index in [1.54, 1.807) is 20.0 Å². The van der Waals surface area contributed by atoms with Gasteiger partial charge < -0.3 is 15.4 Å². The minimum Gasteiger partial charge on any atom is -0.466 e. The maximum atomic E-state index is 11.5. The molecule has 0 unspecified atom stereocenters. The quantitative estimate of drug-likeness (QED) is 0.547. The summed E-state index contributed by atoms with van der Waals surface area (Å²) >= 11 is 1.01. The first-order valence-corrected chi connectivity index (χ1v) is 8.37. The lowest BCUT2D eigenvalue weighted by atomic mass is 10.2. The molecule has 0 saturated carbocycles. The molecule has 1 amide bonds. The number of allylic oxidation sites excluding steroid dienone is 1. The SMILES string of the molecule is CC(=O)OCC/C(SC(C)=O)=C(/C)N(C=O)Cc1cnc(C)nc1N. The van der Waals surface area contributed by atoms with Gasteiger partial charge in [0.2, 0.25) is 6.41 Å². The lowest BCUT2D eigenvalue weighted by Gasteiger charge is -2.22. The van der Waals surface area contributed by atoms with E-state index in [4.69, 9.17) is 10.5 Å². The third kappa shape index (κ3) is 6.92. The van der Waals surface area contributed by atoms with Crippen molar-refractivity contribution in [2.24, 2.45) is 0 Å². The van der Waals surface area contributed by atoms with E-state index in [0.29, 0.717) is 40.6 Å². The fourth-order valence-electron chi connectivity index (χ4n) is 1.98. The average molecular weight is 366 g/mol. The molecule has 0 radical (unpaired) electrons. The number of thioether (sulfide) groups is 1. The number of hydrogen-bond acceptors (Lipinski definition) is 8. The summed E-state index contributed by atoms with van der Waals surface area (Å²) < 4.78 is 4.92. The van der Waals surface area contributed by atoms with Gasteiger partial charge in [-0.2, -0.15) is 0 Å². The third-order valence-corrected chi connectivity index (χ3v) is 4.26. The first-order valence-electron chi connectivity index (χ1n) is 7.56. The van der Waals surface area contributed by atoms with Gasteiger partial charge in [-0.05, 0) is 13.8 Å². The molecule has 0 bridgehead atoms. The highest BCUT2D eigenvalue weighted by molar-refractivity contribution is 8.16. The van der Waals surface area contributed by atoms with Crippen LogP contribution in [0.1, 0.15) is 38.6 Å². The minimum absolute atomic E-state index is 0.124. The van der Waals surface area contributed by atoms with E-state index in [-0.39, 0.29) is 18.3 Å². The van der Waals surface area contributed by atoms with Crippen molar-refractivity contribution in [2.75, 3.05) is 12.3 Å². The number of nitrogen functional groups attached to an aromatic ring is 1. The van der Waals surface area contributed by atoms with Crippen LogP contribution in [0.4, 0.5) is 5.82 Å². The van der Waals surface area contributed by atoms with Gasteiger partial charge in [-0.25, -0.2) is 9.97 Å². The van der Waals surface area contributed by atoms with Crippen molar-refractivity contribution in [2.45, 2.75) is 40.7 Å². The van der Waals surface area contributed by atoms with E-state index in [1.165, 1.54) is 18.7 Å². The number of carbonyl (C=O) groups is 3. The van der Waals surface area contributed by atoms with Crippen molar-refractivity contribution in [1.29, 1.82) is 0 Å². The molecule has 0 aliphatic heterocycles. The fourth-order valence-corrected chi connectivity index (χ4v) is 2.78. The Hall–Kier alpha value is -2.42. The molecule has 1 heterocycles. The fraction of sp³-hybridized carbons (Fsp3) is 0.438. The summed E-state index contributed by atoms with van der Waals surface area (Å²) in [6.45, 7) is 6.49. The number of ether oxygens (including phenoxy) is 1. The van der Waals surface area contributed by atoms with Crippen molar-refractivity contribution in [3.05, 3.63) is 28.2 Å². The monoisotopic (exact) mass is 366 g/mol. The highest BCUT2D eigenvalue weighted by Gasteiger charge is 2.15. The Morgan fingerprint density at radius 3 is 2.56 bits per heavy atom. The van der Waals surface area contributed by atoms with Crippen molar-refractivity contribution in [3.63, 3.8) is 0 Å². The smallest absolute Gasteiger partial charge is 0.302 e. The van der Waals surface area contributed by atoms with Gasteiger partial charge in [0.05, 0.1) is 13.2 Å². The van der Waals surface area contributed by atoms with Crippen LogP contribution in [0.2, 0.25) is 0 Å². The average Bonchev–Trinajstić information content (AvgIpc) is 2.52. The molecule has 136 valence electrons. The number of hydrogen-bond donors (Lipinski definition) is 1. The van der Waals surface area contributed by atoms with Crippen LogP contribution < -0.4 is 5.73 Å². The normalized spacial score (nSPS) is 11.5.